The summed E-state index contributed by atoms with van der Waals surface area (Å²) in [5.74, 6) is 1.41. The largest absolute Gasteiger partial charge is 0.396 e. The number of aliphatic hydroxyl groups excluding tert-OH is 1. The highest BCUT2D eigenvalue weighted by Gasteiger charge is 2.26. The molecule has 0 saturated heterocycles. The lowest BCUT2D eigenvalue weighted by atomic mass is 10.1. The van der Waals surface area contributed by atoms with Crippen LogP contribution in [0, 0.1) is 11.8 Å². The van der Waals surface area contributed by atoms with Gasteiger partial charge in [0.15, 0.2) is 0 Å². The first-order valence-electron chi connectivity index (χ1n) is 7.02. The predicted molar refractivity (Wildman–Crippen MR) is 87.2 cm³/mol. The smallest absolute Gasteiger partial charge is 0.240 e. The van der Waals surface area contributed by atoms with Crippen LogP contribution >= 0.6 is 11.8 Å². The van der Waals surface area contributed by atoms with Gasteiger partial charge in [-0.2, -0.15) is 0 Å². The van der Waals surface area contributed by atoms with Crippen LogP contribution in [0.4, 0.5) is 5.69 Å². The number of carbonyl (C=O) groups excluding carboxylic acids is 1. The van der Waals surface area contributed by atoms with E-state index in [-0.39, 0.29) is 29.6 Å². The molecule has 2 unspecified atom stereocenters. The van der Waals surface area contributed by atoms with Gasteiger partial charge >= 0.3 is 0 Å². The maximum atomic E-state index is 12.6. The number of aliphatic hydroxyl groups is 1. The zero-order chi connectivity index (χ0) is 15.1. The summed E-state index contributed by atoms with van der Waals surface area (Å²) in [5.41, 5.74) is 0.916. The molecule has 1 aromatic rings. The SMILES string of the molecule is CC(CO)CSC(C(=O)N(C)c1ccccc1)C(C)C. The number of hydrogen-bond donors (Lipinski definition) is 1. The Bertz CT molecular complexity index is 408. The molecular formula is C16H25NO2S. The summed E-state index contributed by atoms with van der Waals surface area (Å²) in [6, 6.07) is 9.70. The van der Waals surface area contributed by atoms with E-state index in [2.05, 4.69) is 13.8 Å². The molecule has 4 heteroatoms. The molecule has 0 heterocycles. The molecule has 2 atom stereocenters. The maximum absolute atomic E-state index is 12.6. The van der Waals surface area contributed by atoms with Crippen LogP contribution in [0.3, 0.4) is 0 Å². The Morgan fingerprint density at radius 2 is 1.85 bits per heavy atom. The molecule has 1 amide bonds. The number of amides is 1. The summed E-state index contributed by atoms with van der Waals surface area (Å²) >= 11 is 1.64. The third kappa shape index (κ3) is 4.84. The van der Waals surface area contributed by atoms with Crippen LogP contribution in [0.2, 0.25) is 0 Å². The van der Waals surface area contributed by atoms with Crippen LogP contribution in [-0.4, -0.2) is 35.7 Å². The summed E-state index contributed by atoms with van der Waals surface area (Å²) < 4.78 is 0. The average molecular weight is 295 g/mol. The van der Waals surface area contributed by atoms with Crippen molar-refractivity contribution in [2.24, 2.45) is 11.8 Å². The van der Waals surface area contributed by atoms with Crippen molar-refractivity contribution >= 4 is 23.4 Å². The Balaban J connectivity index is 2.73. The van der Waals surface area contributed by atoms with Gasteiger partial charge in [0.25, 0.3) is 0 Å². The van der Waals surface area contributed by atoms with E-state index in [0.717, 1.165) is 11.4 Å². The van der Waals surface area contributed by atoms with Gasteiger partial charge < -0.3 is 10.0 Å². The van der Waals surface area contributed by atoms with Crippen LogP contribution in [0.5, 0.6) is 0 Å². The number of anilines is 1. The maximum Gasteiger partial charge on any atom is 0.240 e. The number of rotatable bonds is 7. The highest BCUT2D eigenvalue weighted by molar-refractivity contribution is 8.00. The number of carbonyl (C=O) groups is 1. The molecule has 3 nitrogen and oxygen atoms in total. The minimum absolute atomic E-state index is 0.0748. The standard InChI is InChI=1S/C16H25NO2S/c1-12(2)15(20-11-13(3)10-18)16(19)17(4)14-8-6-5-7-9-14/h5-9,12-13,15,18H,10-11H2,1-4H3. The van der Waals surface area contributed by atoms with Gasteiger partial charge in [-0.1, -0.05) is 39.0 Å². The highest BCUT2D eigenvalue weighted by atomic mass is 32.2. The first kappa shape index (κ1) is 17.1. The van der Waals surface area contributed by atoms with E-state index in [1.165, 1.54) is 0 Å². The summed E-state index contributed by atoms with van der Waals surface area (Å²) in [6.45, 7) is 6.30. The van der Waals surface area contributed by atoms with Crippen LogP contribution in [-0.2, 0) is 4.79 Å². The van der Waals surface area contributed by atoms with Gasteiger partial charge in [-0.05, 0) is 29.7 Å². The summed E-state index contributed by atoms with van der Waals surface area (Å²) in [5, 5.41) is 9.03. The molecule has 0 aromatic heterocycles. The van der Waals surface area contributed by atoms with Gasteiger partial charge in [0, 0.05) is 19.3 Å². The Morgan fingerprint density at radius 3 is 2.35 bits per heavy atom. The van der Waals surface area contributed by atoms with E-state index in [1.807, 2.05) is 44.3 Å². The lowest BCUT2D eigenvalue weighted by Crippen LogP contribution is -2.38. The molecule has 0 aliphatic carbocycles. The second kappa shape index (κ2) is 8.32. The second-order valence-corrected chi connectivity index (χ2v) is 6.69. The Hall–Kier alpha value is -1.00. The van der Waals surface area contributed by atoms with Crippen LogP contribution in [0.25, 0.3) is 0 Å². The second-order valence-electron chi connectivity index (χ2n) is 5.52. The zero-order valence-electron chi connectivity index (χ0n) is 12.7. The fourth-order valence-electron chi connectivity index (χ4n) is 1.84. The van der Waals surface area contributed by atoms with Crippen LogP contribution in [0.1, 0.15) is 20.8 Å². The van der Waals surface area contributed by atoms with Gasteiger partial charge in [0.1, 0.15) is 0 Å². The van der Waals surface area contributed by atoms with Gasteiger partial charge in [-0.25, -0.2) is 0 Å². The van der Waals surface area contributed by atoms with E-state index < -0.39 is 0 Å². The molecule has 0 radical (unpaired) electrons. The first-order valence-corrected chi connectivity index (χ1v) is 8.07. The molecule has 0 aliphatic heterocycles. The topological polar surface area (TPSA) is 40.5 Å². The molecule has 0 fully saturated rings. The Labute approximate surface area is 126 Å². The minimum Gasteiger partial charge on any atom is -0.396 e. The Kier molecular flexibility index (Phi) is 7.10. The van der Waals surface area contributed by atoms with E-state index in [4.69, 9.17) is 5.11 Å². The summed E-state index contributed by atoms with van der Waals surface area (Å²) in [7, 11) is 1.82. The number of nitrogens with zero attached hydrogens (tertiary/aromatic N) is 1. The average Bonchev–Trinajstić information content (AvgIpc) is 2.46. The third-order valence-corrected chi connectivity index (χ3v) is 5.06. The molecule has 1 aromatic carbocycles. The van der Waals surface area contributed by atoms with E-state index in [1.54, 1.807) is 16.7 Å². The molecule has 1 rings (SSSR count). The zero-order valence-corrected chi connectivity index (χ0v) is 13.6. The molecule has 0 saturated carbocycles. The van der Waals surface area contributed by atoms with Crippen molar-refractivity contribution in [3.8, 4) is 0 Å². The lowest BCUT2D eigenvalue weighted by Gasteiger charge is -2.26. The minimum atomic E-state index is -0.0748. The monoisotopic (exact) mass is 295 g/mol. The summed E-state index contributed by atoms with van der Waals surface area (Å²) in [4.78, 5) is 14.4. The van der Waals surface area contributed by atoms with E-state index in [0.29, 0.717) is 0 Å². The molecule has 0 bridgehead atoms. The normalized spacial score (nSPS) is 14.1. The van der Waals surface area contributed by atoms with Crippen LogP contribution in [0.15, 0.2) is 30.3 Å². The fraction of sp³-hybridized carbons (Fsp3) is 0.562. The molecule has 0 spiro atoms. The van der Waals surface area contributed by atoms with Crippen molar-refractivity contribution in [1.82, 2.24) is 0 Å². The molecule has 1 N–H and O–H groups in total. The molecule has 0 aliphatic rings. The highest BCUT2D eigenvalue weighted by Crippen LogP contribution is 2.25. The van der Waals surface area contributed by atoms with Crippen LogP contribution < -0.4 is 4.90 Å². The molecule has 112 valence electrons. The molecule has 20 heavy (non-hydrogen) atoms. The third-order valence-electron chi connectivity index (χ3n) is 3.19. The van der Waals surface area contributed by atoms with E-state index >= 15 is 0 Å². The van der Waals surface area contributed by atoms with Gasteiger partial charge in [-0.15, -0.1) is 11.8 Å². The van der Waals surface area contributed by atoms with Gasteiger partial charge in [-0.3, -0.25) is 4.79 Å². The van der Waals surface area contributed by atoms with Crippen molar-refractivity contribution in [3.05, 3.63) is 30.3 Å². The van der Waals surface area contributed by atoms with Crippen molar-refractivity contribution in [2.75, 3.05) is 24.3 Å². The summed E-state index contributed by atoms with van der Waals surface area (Å²) in [6.07, 6.45) is 0. The van der Waals surface area contributed by atoms with Crippen molar-refractivity contribution in [3.63, 3.8) is 0 Å². The predicted octanol–water partition coefficient (Wildman–Crippen LogP) is 3.04. The van der Waals surface area contributed by atoms with Gasteiger partial charge in [0.05, 0.1) is 5.25 Å². The number of thioether (sulfide) groups is 1. The Morgan fingerprint density at radius 1 is 1.25 bits per heavy atom. The first-order chi connectivity index (χ1) is 9.47. The number of benzene rings is 1. The van der Waals surface area contributed by atoms with Crippen molar-refractivity contribution in [2.45, 2.75) is 26.0 Å². The fourth-order valence-corrected chi connectivity index (χ4v) is 3.17. The van der Waals surface area contributed by atoms with E-state index in [9.17, 15) is 4.79 Å². The van der Waals surface area contributed by atoms with Crippen molar-refractivity contribution in [1.29, 1.82) is 0 Å². The van der Waals surface area contributed by atoms with Gasteiger partial charge in [0.2, 0.25) is 5.91 Å². The molecular weight excluding hydrogens is 270 g/mol. The quantitative estimate of drug-likeness (QED) is 0.840. The van der Waals surface area contributed by atoms with Crippen molar-refractivity contribution < 1.29 is 9.90 Å². The number of para-hydroxylation sites is 1. The lowest BCUT2D eigenvalue weighted by molar-refractivity contribution is -0.118. The number of hydrogen-bond acceptors (Lipinski definition) is 3.